The van der Waals surface area contributed by atoms with Crippen molar-refractivity contribution in [3.05, 3.63) is 53.5 Å². The Balaban J connectivity index is 1.35. The number of carbonyl (C=O) groups is 1. The number of halogens is 1. The molecule has 0 unspecified atom stereocenters. The van der Waals surface area contributed by atoms with Crippen LogP contribution in [0.15, 0.2) is 40.9 Å². The van der Waals surface area contributed by atoms with Gasteiger partial charge < -0.3 is 14.2 Å². The highest BCUT2D eigenvalue weighted by Crippen LogP contribution is 2.22. The van der Waals surface area contributed by atoms with Crippen LogP contribution >= 0.6 is 0 Å². The summed E-state index contributed by atoms with van der Waals surface area (Å²) in [6.45, 7) is 6.75. The van der Waals surface area contributed by atoms with Crippen LogP contribution in [-0.2, 0) is 11.2 Å². The number of aromatic nitrogens is 2. The molecule has 0 atom stereocenters. The first-order valence-electron chi connectivity index (χ1n) is 9.53. The van der Waals surface area contributed by atoms with Gasteiger partial charge >= 0.3 is 0 Å². The number of rotatable bonds is 4. The van der Waals surface area contributed by atoms with Crippen LogP contribution in [0.5, 0.6) is 0 Å². The average molecular weight is 382 g/mol. The van der Waals surface area contributed by atoms with Gasteiger partial charge in [-0.1, -0.05) is 38.1 Å². The molecule has 1 aliphatic heterocycles. The summed E-state index contributed by atoms with van der Waals surface area (Å²) in [6.07, 6.45) is 1.53. The third kappa shape index (κ3) is 3.83. The van der Waals surface area contributed by atoms with Gasteiger partial charge in [-0.05, 0) is 17.0 Å². The molecular formula is C21H23FN4O2. The monoisotopic (exact) mass is 382 g/mol. The highest BCUT2D eigenvalue weighted by atomic mass is 19.1. The van der Waals surface area contributed by atoms with Gasteiger partial charge in [-0.15, -0.1) is 0 Å². The van der Waals surface area contributed by atoms with Crippen molar-refractivity contribution < 1.29 is 13.6 Å². The van der Waals surface area contributed by atoms with Crippen LogP contribution in [0.4, 0.5) is 10.4 Å². The zero-order valence-corrected chi connectivity index (χ0v) is 16.1. The van der Waals surface area contributed by atoms with Gasteiger partial charge in [0.2, 0.25) is 11.6 Å². The molecule has 1 fully saturated rings. The van der Waals surface area contributed by atoms with E-state index < -0.39 is 5.82 Å². The zero-order chi connectivity index (χ0) is 19.7. The Hall–Kier alpha value is -2.96. The second-order valence-electron chi connectivity index (χ2n) is 7.41. The molecule has 0 bridgehead atoms. The molecule has 0 N–H and O–H groups in total. The van der Waals surface area contributed by atoms with E-state index in [4.69, 9.17) is 4.42 Å². The number of nitrogens with zero attached hydrogens (tertiary/aromatic N) is 4. The first-order chi connectivity index (χ1) is 13.5. The summed E-state index contributed by atoms with van der Waals surface area (Å²) < 4.78 is 18.9. The van der Waals surface area contributed by atoms with Crippen molar-refractivity contribution >= 4 is 23.2 Å². The van der Waals surface area contributed by atoms with E-state index in [1.165, 1.54) is 11.6 Å². The number of piperazine rings is 1. The number of carbonyl (C=O) groups excluding carboxylic acids is 1. The number of oxazole rings is 1. The molecule has 1 aromatic carbocycles. The second kappa shape index (κ2) is 7.58. The number of anilines is 1. The summed E-state index contributed by atoms with van der Waals surface area (Å²) >= 11 is 0. The first kappa shape index (κ1) is 18.4. The number of fused-ring (bicyclic) bond motifs is 1. The van der Waals surface area contributed by atoms with E-state index in [-0.39, 0.29) is 5.91 Å². The van der Waals surface area contributed by atoms with E-state index in [1.54, 1.807) is 0 Å². The van der Waals surface area contributed by atoms with Crippen molar-refractivity contribution in [1.82, 2.24) is 14.9 Å². The third-order valence-electron chi connectivity index (χ3n) is 5.11. The average Bonchev–Trinajstić information content (AvgIpc) is 3.11. The van der Waals surface area contributed by atoms with Crippen LogP contribution in [0.1, 0.15) is 30.9 Å². The van der Waals surface area contributed by atoms with Gasteiger partial charge in [0.1, 0.15) is 5.82 Å². The maximum atomic E-state index is 13.3. The van der Waals surface area contributed by atoms with Crippen molar-refractivity contribution in [3.63, 3.8) is 0 Å². The number of hydrogen-bond acceptors (Lipinski definition) is 5. The van der Waals surface area contributed by atoms with Gasteiger partial charge in [0.15, 0.2) is 5.58 Å². The fraction of sp³-hybridized carbons (Fsp3) is 0.381. The first-order valence-corrected chi connectivity index (χ1v) is 9.53. The van der Waals surface area contributed by atoms with Crippen LogP contribution in [0, 0.1) is 5.82 Å². The molecule has 4 rings (SSSR count). The van der Waals surface area contributed by atoms with Gasteiger partial charge in [-0.2, -0.15) is 4.98 Å². The van der Waals surface area contributed by atoms with Gasteiger partial charge in [0.05, 0.1) is 12.6 Å². The second-order valence-corrected chi connectivity index (χ2v) is 7.41. The van der Waals surface area contributed by atoms with Crippen molar-refractivity contribution in [1.29, 1.82) is 0 Å². The molecule has 1 aliphatic rings. The quantitative estimate of drug-likeness (QED) is 0.692. The predicted molar refractivity (Wildman–Crippen MR) is 105 cm³/mol. The van der Waals surface area contributed by atoms with E-state index in [2.05, 4.69) is 35.9 Å². The molecule has 28 heavy (non-hydrogen) atoms. The third-order valence-corrected chi connectivity index (χ3v) is 5.11. The lowest BCUT2D eigenvalue weighted by molar-refractivity contribution is -0.130. The molecular weight excluding hydrogens is 359 g/mol. The SMILES string of the molecule is CC(C)c1ccc(CC(=O)N2CCN(c3nc4ncc(F)cc4o3)CC2)cc1. The minimum absolute atomic E-state index is 0.123. The van der Waals surface area contributed by atoms with Gasteiger partial charge in [0, 0.05) is 32.2 Å². The molecule has 2 aromatic heterocycles. The number of hydrogen-bond donors (Lipinski definition) is 0. The Kier molecular flexibility index (Phi) is 4.98. The largest absolute Gasteiger partial charge is 0.422 e. The molecule has 3 heterocycles. The molecule has 1 amide bonds. The lowest BCUT2D eigenvalue weighted by Crippen LogP contribution is -2.49. The van der Waals surface area contributed by atoms with Gasteiger partial charge in [0.25, 0.3) is 6.01 Å². The van der Waals surface area contributed by atoms with Crippen molar-refractivity contribution in [3.8, 4) is 0 Å². The van der Waals surface area contributed by atoms with E-state index in [1.807, 2.05) is 21.9 Å². The Morgan fingerprint density at radius 2 is 1.89 bits per heavy atom. The van der Waals surface area contributed by atoms with Crippen molar-refractivity contribution in [2.75, 3.05) is 31.1 Å². The van der Waals surface area contributed by atoms with E-state index in [9.17, 15) is 9.18 Å². The molecule has 0 aliphatic carbocycles. The van der Waals surface area contributed by atoms with Crippen LogP contribution < -0.4 is 4.90 Å². The fourth-order valence-corrected chi connectivity index (χ4v) is 3.37. The van der Waals surface area contributed by atoms with E-state index >= 15 is 0 Å². The maximum Gasteiger partial charge on any atom is 0.300 e. The van der Waals surface area contributed by atoms with Crippen LogP contribution in [-0.4, -0.2) is 47.0 Å². The minimum Gasteiger partial charge on any atom is -0.422 e. The smallest absolute Gasteiger partial charge is 0.300 e. The molecule has 6 nitrogen and oxygen atoms in total. The van der Waals surface area contributed by atoms with E-state index in [0.29, 0.717) is 55.8 Å². The van der Waals surface area contributed by atoms with Crippen LogP contribution in [0.2, 0.25) is 0 Å². The summed E-state index contributed by atoms with van der Waals surface area (Å²) in [5.74, 6) is 0.154. The standard InChI is InChI=1S/C21H23FN4O2/c1-14(2)16-5-3-15(4-6-16)11-19(27)25-7-9-26(10-8-25)21-24-20-18(28-21)12-17(22)13-23-20/h3-6,12-14H,7-11H2,1-2H3. The number of benzene rings is 1. The normalized spacial score (nSPS) is 14.9. The van der Waals surface area contributed by atoms with Crippen molar-refractivity contribution in [2.45, 2.75) is 26.2 Å². The van der Waals surface area contributed by atoms with Crippen molar-refractivity contribution in [2.24, 2.45) is 0 Å². The molecule has 0 spiro atoms. The summed E-state index contributed by atoms with van der Waals surface area (Å²) in [4.78, 5) is 24.7. The summed E-state index contributed by atoms with van der Waals surface area (Å²) in [7, 11) is 0. The summed E-state index contributed by atoms with van der Waals surface area (Å²) in [5.41, 5.74) is 3.03. The van der Waals surface area contributed by atoms with Crippen LogP contribution in [0.3, 0.4) is 0 Å². The zero-order valence-electron chi connectivity index (χ0n) is 16.1. The topological polar surface area (TPSA) is 62.5 Å². The van der Waals surface area contributed by atoms with Crippen LogP contribution in [0.25, 0.3) is 11.2 Å². The molecule has 3 aromatic rings. The Morgan fingerprint density at radius 1 is 1.18 bits per heavy atom. The highest BCUT2D eigenvalue weighted by Gasteiger charge is 2.24. The molecule has 146 valence electrons. The van der Waals surface area contributed by atoms with Gasteiger partial charge in [-0.3, -0.25) is 4.79 Å². The molecule has 7 heteroatoms. The summed E-state index contributed by atoms with van der Waals surface area (Å²) in [6, 6.07) is 9.96. The molecule has 0 saturated carbocycles. The highest BCUT2D eigenvalue weighted by molar-refractivity contribution is 5.79. The summed E-state index contributed by atoms with van der Waals surface area (Å²) in [5, 5.41) is 0. The molecule has 1 saturated heterocycles. The Labute approximate surface area is 163 Å². The Morgan fingerprint density at radius 3 is 2.57 bits per heavy atom. The van der Waals surface area contributed by atoms with Gasteiger partial charge in [-0.25, -0.2) is 9.37 Å². The van der Waals surface area contributed by atoms with E-state index in [0.717, 1.165) is 11.8 Å². The lowest BCUT2D eigenvalue weighted by Gasteiger charge is -2.33. The predicted octanol–water partition coefficient (Wildman–Crippen LogP) is 3.38. The number of amides is 1. The maximum absolute atomic E-state index is 13.3. The molecule has 0 radical (unpaired) electrons. The number of pyridine rings is 1. The minimum atomic E-state index is -0.452. The fourth-order valence-electron chi connectivity index (χ4n) is 3.37. The lowest BCUT2D eigenvalue weighted by atomic mass is 10.0. The Bertz CT molecular complexity index is 976.